The second kappa shape index (κ2) is 8.21. The lowest BCUT2D eigenvalue weighted by Gasteiger charge is -2.33. The summed E-state index contributed by atoms with van der Waals surface area (Å²) in [5, 5.41) is 9.34. The minimum atomic E-state index is -1.07. The normalized spacial score (nSPS) is 17.0. The van der Waals surface area contributed by atoms with Crippen molar-refractivity contribution in [2.24, 2.45) is 0 Å². The highest BCUT2D eigenvalue weighted by molar-refractivity contribution is 6.30. The Morgan fingerprint density at radius 1 is 1.23 bits per heavy atom. The second-order valence-electron chi connectivity index (χ2n) is 5.87. The van der Waals surface area contributed by atoms with E-state index in [9.17, 15) is 9.59 Å². The fraction of sp³-hybridized carbons (Fsp3) is 0.263. The van der Waals surface area contributed by atoms with E-state index in [1.165, 1.54) is 0 Å². The van der Waals surface area contributed by atoms with E-state index in [-0.39, 0.29) is 12.0 Å². The number of hydrogen-bond donors (Lipinski definition) is 1. The van der Waals surface area contributed by atoms with Crippen LogP contribution in [0.3, 0.4) is 0 Å². The average molecular weight is 376 g/mol. The summed E-state index contributed by atoms with van der Waals surface area (Å²) in [7, 11) is 0. The molecule has 0 bridgehead atoms. The van der Waals surface area contributed by atoms with Crippen molar-refractivity contribution in [3.63, 3.8) is 0 Å². The van der Waals surface area contributed by atoms with E-state index in [0.29, 0.717) is 36.0 Å². The fourth-order valence-electron chi connectivity index (χ4n) is 2.76. The molecule has 0 aliphatic carbocycles. The van der Waals surface area contributed by atoms with Crippen LogP contribution in [-0.4, -0.2) is 48.2 Å². The number of hydrogen-bond acceptors (Lipinski definition) is 4. The Labute approximate surface area is 155 Å². The van der Waals surface area contributed by atoms with Crippen LogP contribution in [0.15, 0.2) is 48.5 Å². The van der Waals surface area contributed by atoms with Gasteiger partial charge in [0.25, 0.3) is 5.91 Å². The van der Waals surface area contributed by atoms with E-state index in [1.54, 1.807) is 41.3 Å². The van der Waals surface area contributed by atoms with Gasteiger partial charge in [-0.3, -0.25) is 4.79 Å². The SMILES string of the molecule is O=C(O)COc1cccc(C(=O)N2CCOC(c3ccc(Cl)cc3)C2)c1. The van der Waals surface area contributed by atoms with Crippen LogP contribution in [0.2, 0.25) is 5.02 Å². The zero-order valence-corrected chi connectivity index (χ0v) is 14.7. The first-order valence-corrected chi connectivity index (χ1v) is 8.52. The molecule has 7 heteroatoms. The van der Waals surface area contributed by atoms with E-state index in [1.807, 2.05) is 12.1 Å². The van der Waals surface area contributed by atoms with Gasteiger partial charge in [0.15, 0.2) is 6.61 Å². The number of carboxylic acids is 1. The number of aliphatic carboxylic acids is 1. The lowest BCUT2D eigenvalue weighted by atomic mass is 10.1. The Balaban J connectivity index is 1.70. The van der Waals surface area contributed by atoms with Crippen molar-refractivity contribution in [2.45, 2.75) is 6.10 Å². The first kappa shape index (κ1) is 18.2. The smallest absolute Gasteiger partial charge is 0.341 e. The largest absolute Gasteiger partial charge is 0.482 e. The van der Waals surface area contributed by atoms with Gasteiger partial charge in [0.1, 0.15) is 11.9 Å². The Hall–Kier alpha value is -2.57. The number of morpholine rings is 1. The van der Waals surface area contributed by atoms with Crippen molar-refractivity contribution in [3.05, 3.63) is 64.7 Å². The number of carbonyl (C=O) groups is 2. The van der Waals surface area contributed by atoms with Gasteiger partial charge >= 0.3 is 5.97 Å². The minimum Gasteiger partial charge on any atom is -0.482 e. The van der Waals surface area contributed by atoms with Crippen LogP contribution in [0.4, 0.5) is 0 Å². The highest BCUT2D eigenvalue weighted by Crippen LogP contribution is 2.25. The maximum atomic E-state index is 12.8. The Kier molecular flexibility index (Phi) is 5.75. The predicted molar refractivity (Wildman–Crippen MR) is 95.6 cm³/mol. The molecule has 2 aromatic carbocycles. The molecule has 136 valence electrons. The third-order valence-corrected chi connectivity index (χ3v) is 4.29. The van der Waals surface area contributed by atoms with E-state index >= 15 is 0 Å². The molecule has 1 saturated heterocycles. The van der Waals surface area contributed by atoms with E-state index < -0.39 is 12.6 Å². The molecule has 26 heavy (non-hydrogen) atoms. The minimum absolute atomic E-state index is 0.145. The number of ether oxygens (including phenoxy) is 2. The number of amides is 1. The van der Waals surface area contributed by atoms with Gasteiger partial charge in [0, 0.05) is 17.1 Å². The molecule has 1 unspecified atom stereocenters. The van der Waals surface area contributed by atoms with E-state index in [4.69, 9.17) is 26.2 Å². The van der Waals surface area contributed by atoms with Crippen molar-refractivity contribution < 1.29 is 24.2 Å². The third kappa shape index (κ3) is 4.53. The number of benzene rings is 2. The number of halogens is 1. The van der Waals surface area contributed by atoms with Gasteiger partial charge in [-0.15, -0.1) is 0 Å². The van der Waals surface area contributed by atoms with Crippen LogP contribution >= 0.6 is 11.6 Å². The van der Waals surface area contributed by atoms with Crippen molar-refractivity contribution in [3.8, 4) is 5.75 Å². The molecule has 1 amide bonds. The Bertz CT molecular complexity index is 793. The predicted octanol–water partition coefficient (Wildman–Crippen LogP) is 3.02. The first-order chi connectivity index (χ1) is 12.5. The van der Waals surface area contributed by atoms with Gasteiger partial charge in [0.2, 0.25) is 0 Å². The lowest BCUT2D eigenvalue weighted by Crippen LogP contribution is -2.42. The number of carboxylic acid groups (broad SMARTS) is 1. The third-order valence-electron chi connectivity index (χ3n) is 4.04. The van der Waals surface area contributed by atoms with Crippen LogP contribution in [0, 0.1) is 0 Å². The molecular weight excluding hydrogens is 358 g/mol. The second-order valence-corrected chi connectivity index (χ2v) is 6.31. The van der Waals surface area contributed by atoms with Crippen LogP contribution in [-0.2, 0) is 9.53 Å². The van der Waals surface area contributed by atoms with Gasteiger partial charge < -0.3 is 19.5 Å². The van der Waals surface area contributed by atoms with Crippen molar-refractivity contribution in [1.82, 2.24) is 4.90 Å². The van der Waals surface area contributed by atoms with Crippen molar-refractivity contribution >= 4 is 23.5 Å². The first-order valence-electron chi connectivity index (χ1n) is 8.14. The summed E-state index contributed by atoms with van der Waals surface area (Å²) in [6, 6.07) is 13.9. The standard InChI is InChI=1S/C19H18ClNO5/c20-15-6-4-13(5-7-15)17-11-21(8-9-25-17)19(24)14-2-1-3-16(10-14)26-12-18(22)23/h1-7,10,17H,8-9,11-12H2,(H,22,23). The van der Waals surface area contributed by atoms with Crippen molar-refractivity contribution in [1.29, 1.82) is 0 Å². The molecule has 0 saturated carbocycles. The molecule has 1 atom stereocenters. The molecule has 1 aliphatic rings. The molecule has 0 aromatic heterocycles. The Morgan fingerprint density at radius 2 is 2.00 bits per heavy atom. The van der Waals surface area contributed by atoms with Gasteiger partial charge in [-0.1, -0.05) is 29.8 Å². The molecule has 1 heterocycles. The van der Waals surface area contributed by atoms with Crippen LogP contribution in [0.1, 0.15) is 22.0 Å². The zero-order valence-electron chi connectivity index (χ0n) is 13.9. The highest BCUT2D eigenvalue weighted by atomic mass is 35.5. The quantitative estimate of drug-likeness (QED) is 0.869. The molecule has 2 aromatic rings. The summed E-state index contributed by atoms with van der Waals surface area (Å²) in [6.07, 6.45) is -0.212. The molecule has 6 nitrogen and oxygen atoms in total. The maximum Gasteiger partial charge on any atom is 0.341 e. The van der Waals surface area contributed by atoms with Crippen LogP contribution in [0.5, 0.6) is 5.75 Å². The molecule has 1 aliphatic heterocycles. The summed E-state index contributed by atoms with van der Waals surface area (Å²) in [5.41, 5.74) is 1.41. The zero-order chi connectivity index (χ0) is 18.5. The topological polar surface area (TPSA) is 76.1 Å². The lowest BCUT2D eigenvalue weighted by molar-refractivity contribution is -0.139. The van der Waals surface area contributed by atoms with Gasteiger partial charge in [0.05, 0.1) is 13.2 Å². The summed E-state index contributed by atoms with van der Waals surface area (Å²) in [5.74, 6) is -0.866. The highest BCUT2D eigenvalue weighted by Gasteiger charge is 2.26. The van der Waals surface area contributed by atoms with E-state index in [2.05, 4.69) is 0 Å². The van der Waals surface area contributed by atoms with Gasteiger partial charge in [-0.2, -0.15) is 0 Å². The summed E-state index contributed by atoms with van der Waals surface area (Å²) >= 11 is 5.92. The van der Waals surface area contributed by atoms with Crippen LogP contribution < -0.4 is 4.74 Å². The Morgan fingerprint density at radius 3 is 2.73 bits per heavy atom. The number of rotatable bonds is 5. The number of carbonyl (C=O) groups excluding carboxylic acids is 1. The molecule has 3 rings (SSSR count). The van der Waals surface area contributed by atoms with Gasteiger partial charge in [-0.05, 0) is 35.9 Å². The molecule has 0 radical (unpaired) electrons. The monoisotopic (exact) mass is 375 g/mol. The summed E-state index contributed by atoms with van der Waals surface area (Å²) < 4.78 is 10.9. The molecule has 1 fully saturated rings. The van der Waals surface area contributed by atoms with Crippen molar-refractivity contribution in [2.75, 3.05) is 26.3 Å². The average Bonchev–Trinajstić information content (AvgIpc) is 2.67. The van der Waals surface area contributed by atoms with Crippen LogP contribution in [0.25, 0.3) is 0 Å². The maximum absolute atomic E-state index is 12.8. The summed E-state index contributed by atoms with van der Waals surface area (Å²) in [6.45, 7) is 0.909. The number of nitrogens with zero attached hydrogens (tertiary/aromatic N) is 1. The molecular formula is C19H18ClNO5. The van der Waals surface area contributed by atoms with E-state index in [0.717, 1.165) is 5.56 Å². The summed E-state index contributed by atoms with van der Waals surface area (Å²) in [4.78, 5) is 25.1. The van der Waals surface area contributed by atoms with Gasteiger partial charge in [-0.25, -0.2) is 4.79 Å². The molecule has 1 N–H and O–H groups in total. The molecule has 0 spiro atoms. The fourth-order valence-corrected chi connectivity index (χ4v) is 2.89.